The van der Waals surface area contributed by atoms with Crippen LogP contribution in [0.3, 0.4) is 0 Å². The first-order chi connectivity index (χ1) is 12.9. The summed E-state index contributed by atoms with van der Waals surface area (Å²) >= 11 is 0. The Bertz CT molecular complexity index is 917. The van der Waals surface area contributed by atoms with E-state index in [0.717, 1.165) is 30.7 Å². The minimum atomic E-state index is -0.0337. The Morgan fingerprint density at radius 1 is 1.07 bits per heavy atom. The van der Waals surface area contributed by atoms with Crippen LogP contribution in [0.1, 0.15) is 55.9 Å². The Hall–Kier alpha value is -2.62. The number of aromatic nitrogens is 2. The molecule has 27 heavy (non-hydrogen) atoms. The molecule has 0 aliphatic rings. The standard InChI is InChI=1S/C23H29N3O/c1-5-16-26-20-9-7-6-8-19(20)25-21(26)14-15-24-22(27)17-10-12-18(13-11-17)23(2,3)4/h6-13H,5,14-16H2,1-4H3,(H,24,27). The largest absolute Gasteiger partial charge is 0.352 e. The van der Waals surface area contributed by atoms with Gasteiger partial charge >= 0.3 is 0 Å². The van der Waals surface area contributed by atoms with Crippen LogP contribution in [0, 0.1) is 0 Å². The number of rotatable bonds is 6. The van der Waals surface area contributed by atoms with E-state index in [2.05, 4.69) is 43.6 Å². The van der Waals surface area contributed by atoms with Gasteiger partial charge in [-0.1, -0.05) is 52.0 Å². The molecule has 0 unspecified atom stereocenters. The predicted molar refractivity (Wildman–Crippen MR) is 111 cm³/mol. The molecule has 3 aromatic rings. The number of amides is 1. The van der Waals surface area contributed by atoms with Crippen LogP contribution in [0.4, 0.5) is 0 Å². The highest BCUT2D eigenvalue weighted by molar-refractivity contribution is 5.94. The summed E-state index contributed by atoms with van der Waals surface area (Å²) in [5.41, 5.74) is 4.20. The normalized spacial score (nSPS) is 11.7. The molecule has 142 valence electrons. The Labute approximate surface area is 161 Å². The lowest BCUT2D eigenvalue weighted by Crippen LogP contribution is -2.26. The molecule has 0 aliphatic heterocycles. The van der Waals surface area contributed by atoms with Crippen molar-refractivity contribution in [3.05, 3.63) is 65.5 Å². The van der Waals surface area contributed by atoms with Crippen LogP contribution in [0.15, 0.2) is 48.5 Å². The predicted octanol–water partition coefficient (Wildman–Crippen LogP) is 4.72. The number of benzene rings is 2. The number of nitrogens with zero attached hydrogens (tertiary/aromatic N) is 2. The lowest BCUT2D eigenvalue weighted by molar-refractivity contribution is 0.0954. The number of carbonyl (C=O) groups is 1. The second-order valence-corrected chi connectivity index (χ2v) is 8.00. The van der Waals surface area contributed by atoms with Crippen LogP contribution < -0.4 is 5.32 Å². The molecular formula is C23H29N3O. The van der Waals surface area contributed by atoms with Gasteiger partial charge in [-0.05, 0) is 41.7 Å². The maximum absolute atomic E-state index is 12.4. The molecule has 0 aliphatic carbocycles. The Morgan fingerprint density at radius 2 is 1.78 bits per heavy atom. The fourth-order valence-electron chi connectivity index (χ4n) is 3.30. The summed E-state index contributed by atoms with van der Waals surface area (Å²) in [6.45, 7) is 10.2. The first-order valence-electron chi connectivity index (χ1n) is 9.73. The van der Waals surface area contributed by atoms with Gasteiger partial charge in [0, 0.05) is 25.1 Å². The third-order valence-corrected chi connectivity index (χ3v) is 4.83. The third-order valence-electron chi connectivity index (χ3n) is 4.83. The van der Waals surface area contributed by atoms with Crippen LogP contribution in [-0.4, -0.2) is 22.0 Å². The van der Waals surface area contributed by atoms with E-state index in [9.17, 15) is 4.79 Å². The number of hydrogen-bond donors (Lipinski definition) is 1. The maximum atomic E-state index is 12.4. The molecular weight excluding hydrogens is 334 g/mol. The molecule has 3 rings (SSSR count). The van der Waals surface area contributed by atoms with E-state index in [1.165, 1.54) is 11.1 Å². The molecule has 0 saturated carbocycles. The molecule has 1 aromatic heterocycles. The Kier molecular flexibility index (Phi) is 5.64. The number of nitrogens with one attached hydrogen (secondary N) is 1. The molecule has 1 N–H and O–H groups in total. The van der Waals surface area contributed by atoms with E-state index in [0.29, 0.717) is 12.1 Å². The SMILES string of the molecule is CCCn1c(CCNC(=O)c2ccc(C(C)(C)C)cc2)nc2ccccc21. The van der Waals surface area contributed by atoms with Crippen LogP contribution in [0.2, 0.25) is 0 Å². The van der Waals surface area contributed by atoms with Crippen molar-refractivity contribution in [2.24, 2.45) is 0 Å². The summed E-state index contributed by atoms with van der Waals surface area (Å²) in [6.07, 6.45) is 1.78. The van der Waals surface area contributed by atoms with Gasteiger partial charge in [-0.25, -0.2) is 4.98 Å². The highest BCUT2D eigenvalue weighted by atomic mass is 16.1. The second-order valence-electron chi connectivity index (χ2n) is 8.00. The first-order valence-corrected chi connectivity index (χ1v) is 9.73. The van der Waals surface area contributed by atoms with Crippen LogP contribution in [0.25, 0.3) is 11.0 Å². The van der Waals surface area contributed by atoms with E-state index in [4.69, 9.17) is 4.98 Å². The van der Waals surface area contributed by atoms with E-state index in [1.807, 2.05) is 42.5 Å². The highest BCUT2D eigenvalue weighted by Crippen LogP contribution is 2.22. The van der Waals surface area contributed by atoms with Crippen molar-refractivity contribution in [1.29, 1.82) is 0 Å². The molecule has 2 aromatic carbocycles. The highest BCUT2D eigenvalue weighted by Gasteiger charge is 2.14. The van der Waals surface area contributed by atoms with Crippen molar-refractivity contribution < 1.29 is 4.79 Å². The summed E-state index contributed by atoms with van der Waals surface area (Å²) in [7, 11) is 0. The van der Waals surface area contributed by atoms with Gasteiger partial charge in [0.25, 0.3) is 5.91 Å². The average molecular weight is 364 g/mol. The van der Waals surface area contributed by atoms with Gasteiger partial charge in [-0.3, -0.25) is 4.79 Å². The first kappa shape index (κ1) is 19.2. The van der Waals surface area contributed by atoms with Crippen molar-refractivity contribution in [2.45, 2.75) is 52.5 Å². The topological polar surface area (TPSA) is 46.9 Å². The zero-order valence-corrected chi connectivity index (χ0v) is 16.7. The third kappa shape index (κ3) is 4.38. The van der Waals surface area contributed by atoms with E-state index < -0.39 is 0 Å². The minimum absolute atomic E-state index is 0.0337. The fourth-order valence-corrected chi connectivity index (χ4v) is 3.30. The summed E-state index contributed by atoms with van der Waals surface area (Å²) < 4.78 is 2.26. The summed E-state index contributed by atoms with van der Waals surface area (Å²) in [6, 6.07) is 16.1. The molecule has 4 heteroatoms. The molecule has 4 nitrogen and oxygen atoms in total. The monoisotopic (exact) mass is 363 g/mol. The number of aryl methyl sites for hydroxylation is 1. The molecule has 1 amide bonds. The molecule has 0 spiro atoms. The zero-order chi connectivity index (χ0) is 19.4. The number of hydrogen-bond acceptors (Lipinski definition) is 2. The average Bonchev–Trinajstić information content (AvgIpc) is 2.99. The van der Waals surface area contributed by atoms with Crippen molar-refractivity contribution in [3.63, 3.8) is 0 Å². The Morgan fingerprint density at radius 3 is 2.44 bits per heavy atom. The molecule has 0 fully saturated rings. The molecule has 0 radical (unpaired) electrons. The minimum Gasteiger partial charge on any atom is -0.352 e. The molecule has 0 saturated heterocycles. The van der Waals surface area contributed by atoms with Crippen LogP contribution in [-0.2, 0) is 18.4 Å². The number of para-hydroxylation sites is 2. The van der Waals surface area contributed by atoms with Crippen molar-refractivity contribution in [1.82, 2.24) is 14.9 Å². The fraction of sp³-hybridized carbons (Fsp3) is 0.391. The van der Waals surface area contributed by atoms with Gasteiger partial charge in [0.1, 0.15) is 5.82 Å². The summed E-state index contributed by atoms with van der Waals surface area (Å²) in [5.74, 6) is 0.995. The maximum Gasteiger partial charge on any atom is 0.251 e. The summed E-state index contributed by atoms with van der Waals surface area (Å²) in [5, 5.41) is 3.03. The molecule has 1 heterocycles. The van der Waals surface area contributed by atoms with Gasteiger partial charge in [0.05, 0.1) is 11.0 Å². The second kappa shape index (κ2) is 7.95. The van der Waals surface area contributed by atoms with Gasteiger partial charge in [-0.2, -0.15) is 0 Å². The van der Waals surface area contributed by atoms with E-state index >= 15 is 0 Å². The van der Waals surface area contributed by atoms with Crippen LogP contribution in [0.5, 0.6) is 0 Å². The van der Waals surface area contributed by atoms with Crippen molar-refractivity contribution >= 4 is 16.9 Å². The molecule has 0 atom stereocenters. The van der Waals surface area contributed by atoms with Gasteiger partial charge < -0.3 is 9.88 Å². The Balaban J connectivity index is 1.65. The van der Waals surface area contributed by atoms with E-state index in [1.54, 1.807) is 0 Å². The zero-order valence-electron chi connectivity index (χ0n) is 16.7. The summed E-state index contributed by atoms with van der Waals surface area (Å²) in [4.78, 5) is 17.2. The van der Waals surface area contributed by atoms with E-state index in [-0.39, 0.29) is 11.3 Å². The lowest BCUT2D eigenvalue weighted by atomic mass is 9.87. The molecule has 0 bridgehead atoms. The number of imidazole rings is 1. The quantitative estimate of drug-likeness (QED) is 0.689. The van der Waals surface area contributed by atoms with Gasteiger partial charge in [-0.15, -0.1) is 0 Å². The van der Waals surface area contributed by atoms with Crippen molar-refractivity contribution in [3.8, 4) is 0 Å². The lowest BCUT2D eigenvalue weighted by Gasteiger charge is -2.19. The van der Waals surface area contributed by atoms with Gasteiger partial charge in [0.15, 0.2) is 0 Å². The van der Waals surface area contributed by atoms with Gasteiger partial charge in [0.2, 0.25) is 0 Å². The number of carbonyl (C=O) groups excluding carboxylic acids is 1. The van der Waals surface area contributed by atoms with Crippen molar-refractivity contribution in [2.75, 3.05) is 6.54 Å². The smallest absolute Gasteiger partial charge is 0.251 e. The number of fused-ring (bicyclic) bond motifs is 1. The van der Waals surface area contributed by atoms with Crippen LogP contribution >= 0.6 is 0 Å².